The Bertz CT molecular complexity index is 513. The molecule has 0 saturated heterocycles. The second-order valence-electron chi connectivity index (χ2n) is 3.05. The van der Waals surface area contributed by atoms with E-state index in [9.17, 15) is 5.11 Å². The molecule has 0 bridgehead atoms. The van der Waals surface area contributed by atoms with E-state index in [4.69, 9.17) is 11.6 Å². The fraction of sp³-hybridized carbons (Fsp3) is 0.100. The topological polar surface area (TPSA) is 33.1 Å². The monoisotopic (exact) mass is 271 g/mol. The van der Waals surface area contributed by atoms with Gasteiger partial charge in [-0.15, -0.1) is 0 Å². The number of fused-ring (bicyclic) bond motifs is 1. The number of phenolic OH excluding ortho intramolecular Hbond substituents is 1. The number of halogens is 2. The number of hydrogen-bond acceptors (Lipinski definition) is 2. The summed E-state index contributed by atoms with van der Waals surface area (Å²) in [5.74, 6) is 0.212. The van der Waals surface area contributed by atoms with Crippen LogP contribution in [0.15, 0.2) is 22.8 Å². The standard InChI is InChI=1S/C10H7BrClNO/c1-5-4-13-10(12)6-2-3-7(11)9(14)8(5)6/h2-4,14H,1H3. The van der Waals surface area contributed by atoms with Crippen molar-refractivity contribution >= 4 is 38.3 Å². The molecule has 0 saturated carbocycles. The summed E-state index contributed by atoms with van der Waals surface area (Å²) in [7, 11) is 0. The Morgan fingerprint density at radius 1 is 1.43 bits per heavy atom. The van der Waals surface area contributed by atoms with E-state index in [0.29, 0.717) is 9.63 Å². The predicted molar refractivity (Wildman–Crippen MR) is 60.9 cm³/mol. The van der Waals surface area contributed by atoms with Crippen molar-refractivity contribution < 1.29 is 5.11 Å². The van der Waals surface area contributed by atoms with Gasteiger partial charge in [-0.3, -0.25) is 0 Å². The lowest BCUT2D eigenvalue weighted by atomic mass is 10.1. The van der Waals surface area contributed by atoms with E-state index in [1.165, 1.54) is 0 Å². The molecule has 0 aliphatic rings. The van der Waals surface area contributed by atoms with Gasteiger partial charge in [0.25, 0.3) is 0 Å². The van der Waals surface area contributed by atoms with Crippen molar-refractivity contribution in [3.05, 3.63) is 33.5 Å². The molecule has 0 radical (unpaired) electrons. The van der Waals surface area contributed by atoms with Crippen molar-refractivity contribution in [2.45, 2.75) is 6.92 Å². The van der Waals surface area contributed by atoms with Crippen molar-refractivity contribution in [1.82, 2.24) is 4.98 Å². The van der Waals surface area contributed by atoms with Gasteiger partial charge in [-0.1, -0.05) is 11.6 Å². The van der Waals surface area contributed by atoms with Crippen LogP contribution in [0.2, 0.25) is 5.15 Å². The fourth-order valence-electron chi connectivity index (χ4n) is 1.42. The van der Waals surface area contributed by atoms with Crippen LogP contribution in [0.1, 0.15) is 5.56 Å². The second kappa shape index (κ2) is 3.41. The summed E-state index contributed by atoms with van der Waals surface area (Å²) in [5, 5.41) is 11.8. The summed E-state index contributed by atoms with van der Waals surface area (Å²) in [4.78, 5) is 4.02. The van der Waals surface area contributed by atoms with E-state index in [1.54, 1.807) is 12.3 Å². The smallest absolute Gasteiger partial charge is 0.138 e. The minimum Gasteiger partial charge on any atom is -0.506 e. The Kier molecular flexibility index (Phi) is 2.37. The van der Waals surface area contributed by atoms with Gasteiger partial charge >= 0.3 is 0 Å². The zero-order chi connectivity index (χ0) is 10.3. The number of hydrogen-bond donors (Lipinski definition) is 1. The van der Waals surface area contributed by atoms with Crippen LogP contribution in [-0.4, -0.2) is 10.1 Å². The highest BCUT2D eigenvalue weighted by molar-refractivity contribution is 9.10. The highest BCUT2D eigenvalue weighted by atomic mass is 79.9. The maximum Gasteiger partial charge on any atom is 0.138 e. The SMILES string of the molecule is Cc1cnc(Cl)c2ccc(Br)c(O)c12. The Balaban J connectivity index is 3.01. The van der Waals surface area contributed by atoms with Crippen molar-refractivity contribution in [1.29, 1.82) is 0 Å². The number of nitrogens with zero attached hydrogens (tertiary/aromatic N) is 1. The van der Waals surface area contributed by atoms with Crippen molar-refractivity contribution in [2.24, 2.45) is 0 Å². The molecular formula is C10H7BrClNO. The van der Waals surface area contributed by atoms with Gasteiger partial charge in [0.15, 0.2) is 0 Å². The van der Waals surface area contributed by atoms with E-state index < -0.39 is 0 Å². The zero-order valence-corrected chi connectivity index (χ0v) is 9.72. The summed E-state index contributed by atoms with van der Waals surface area (Å²) in [6, 6.07) is 3.59. The first kappa shape index (κ1) is 9.74. The predicted octanol–water partition coefficient (Wildman–Crippen LogP) is 3.66. The molecule has 2 nitrogen and oxygen atoms in total. The Morgan fingerprint density at radius 2 is 2.14 bits per heavy atom. The third-order valence-electron chi connectivity index (χ3n) is 2.12. The second-order valence-corrected chi connectivity index (χ2v) is 4.26. The third-order valence-corrected chi connectivity index (χ3v) is 3.06. The molecule has 4 heteroatoms. The van der Waals surface area contributed by atoms with Gasteiger partial charge in [-0.05, 0) is 40.5 Å². The van der Waals surface area contributed by atoms with Gasteiger partial charge in [0, 0.05) is 17.0 Å². The summed E-state index contributed by atoms with van der Waals surface area (Å²) in [6.07, 6.45) is 1.65. The van der Waals surface area contributed by atoms with Crippen LogP contribution in [0.25, 0.3) is 10.8 Å². The van der Waals surface area contributed by atoms with Crippen molar-refractivity contribution in [2.75, 3.05) is 0 Å². The number of benzene rings is 1. The van der Waals surface area contributed by atoms with Gasteiger partial charge in [-0.2, -0.15) is 0 Å². The van der Waals surface area contributed by atoms with Gasteiger partial charge in [-0.25, -0.2) is 4.98 Å². The van der Waals surface area contributed by atoms with E-state index in [1.807, 2.05) is 13.0 Å². The number of aryl methyl sites for hydroxylation is 1. The first-order valence-electron chi connectivity index (χ1n) is 4.03. The Hall–Kier alpha value is -0.800. The molecule has 14 heavy (non-hydrogen) atoms. The number of pyridine rings is 1. The Labute approximate surface area is 94.7 Å². The number of aromatic nitrogens is 1. The molecule has 0 spiro atoms. The van der Waals surface area contributed by atoms with Crippen LogP contribution >= 0.6 is 27.5 Å². The molecule has 0 aliphatic heterocycles. The van der Waals surface area contributed by atoms with E-state index in [2.05, 4.69) is 20.9 Å². The van der Waals surface area contributed by atoms with E-state index in [0.717, 1.165) is 16.3 Å². The number of phenols is 1. The van der Waals surface area contributed by atoms with Crippen LogP contribution in [-0.2, 0) is 0 Å². The van der Waals surface area contributed by atoms with Crippen LogP contribution in [0.5, 0.6) is 5.75 Å². The van der Waals surface area contributed by atoms with Gasteiger partial charge in [0.2, 0.25) is 0 Å². The molecule has 1 aromatic heterocycles. The van der Waals surface area contributed by atoms with E-state index in [-0.39, 0.29) is 5.75 Å². The van der Waals surface area contributed by atoms with Crippen LogP contribution in [0.3, 0.4) is 0 Å². The molecule has 0 amide bonds. The number of aromatic hydroxyl groups is 1. The third kappa shape index (κ3) is 1.37. The van der Waals surface area contributed by atoms with Gasteiger partial charge < -0.3 is 5.11 Å². The molecule has 0 fully saturated rings. The van der Waals surface area contributed by atoms with Crippen LogP contribution in [0.4, 0.5) is 0 Å². The summed E-state index contributed by atoms with van der Waals surface area (Å²) in [5.41, 5.74) is 0.906. The molecular weight excluding hydrogens is 265 g/mol. The average molecular weight is 273 g/mol. The normalized spacial score (nSPS) is 10.8. The lowest BCUT2D eigenvalue weighted by Gasteiger charge is -2.06. The molecule has 0 unspecified atom stereocenters. The lowest BCUT2D eigenvalue weighted by molar-refractivity contribution is 0.478. The summed E-state index contributed by atoms with van der Waals surface area (Å²) < 4.78 is 0.662. The molecule has 2 rings (SSSR count). The minimum absolute atomic E-state index is 0.212. The number of rotatable bonds is 0. The summed E-state index contributed by atoms with van der Waals surface area (Å²) in [6.45, 7) is 1.89. The quantitative estimate of drug-likeness (QED) is 0.742. The van der Waals surface area contributed by atoms with Crippen LogP contribution < -0.4 is 0 Å². The van der Waals surface area contributed by atoms with Crippen molar-refractivity contribution in [3.8, 4) is 5.75 Å². The highest BCUT2D eigenvalue weighted by Crippen LogP contribution is 2.36. The molecule has 1 heterocycles. The van der Waals surface area contributed by atoms with Gasteiger partial charge in [0.1, 0.15) is 10.9 Å². The lowest BCUT2D eigenvalue weighted by Crippen LogP contribution is -1.85. The van der Waals surface area contributed by atoms with Gasteiger partial charge in [0.05, 0.1) is 4.47 Å². The first-order chi connectivity index (χ1) is 6.61. The average Bonchev–Trinajstić information content (AvgIpc) is 2.16. The zero-order valence-electron chi connectivity index (χ0n) is 7.38. The Morgan fingerprint density at radius 3 is 2.86 bits per heavy atom. The molecule has 2 aromatic rings. The van der Waals surface area contributed by atoms with E-state index >= 15 is 0 Å². The molecule has 1 N–H and O–H groups in total. The molecule has 72 valence electrons. The fourth-order valence-corrected chi connectivity index (χ4v) is 1.96. The maximum absolute atomic E-state index is 9.83. The summed E-state index contributed by atoms with van der Waals surface area (Å²) >= 11 is 9.18. The minimum atomic E-state index is 0.212. The largest absolute Gasteiger partial charge is 0.506 e. The molecule has 0 aliphatic carbocycles. The first-order valence-corrected chi connectivity index (χ1v) is 5.20. The molecule has 0 atom stereocenters. The highest BCUT2D eigenvalue weighted by Gasteiger charge is 2.09. The maximum atomic E-state index is 9.83. The van der Waals surface area contributed by atoms with Crippen LogP contribution in [0, 0.1) is 6.92 Å². The van der Waals surface area contributed by atoms with Crippen molar-refractivity contribution in [3.63, 3.8) is 0 Å². The molecule has 1 aromatic carbocycles.